The van der Waals surface area contributed by atoms with Crippen molar-refractivity contribution in [2.75, 3.05) is 23.7 Å². The summed E-state index contributed by atoms with van der Waals surface area (Å²) in [4.78, 5) is 30.3. The number of hydrogen-bond donors (Lipinski definition) is 4. The van der Waals surface area contributed by atoms with Crippen LogP contribution in [0.3, 0.4) is 0 Å². The first-order valence-corrected chi connectivity index (χ1v) is 17.1. The van der Waals surface area contributed by atoms with Crippen molar-refractivity contribution in [2.24, 2.45) is 23.5 Å². The molecule has 0 aromatic carbocycles. The third kappa shape index (κ3) is 5.22. The van der Waals surface area contributed by atoms with Gasteiger partial charge in [0.2, 0.25) is 5.95 Å². The van der Waals surface area contributed by atoms with Gasteiger partial charge in [0.15, 0.2) is 17.0 Å². The van der Waals surface area contributed by atoms with Gasteiger partial charge in [0.1, 0.15) is 0 Å². The summed E-state index contributed by atoms with van der Waals surface area (Å²) in [5.74, 6) is 4.02. The highest BCUT2D eigenvalue weighted by molar-refractivity contribution is 5.84. The lowest BCUT2D eigenvalue weighted by atomic mass is 9.53. The smallest absolute Gasteiger partial charge is 0.317 e. The Labute approximate surface area is 249 Å². The fourth-order valence-electron chi connectivity index (χ4n) is 9.97. The van der Waals surface area contributed by atoms with Crippen LogP contribution in [0.1, 0.15) is 109 Å². The maximum atomic E-state index is 13.5. The minimum absolute atomic E-state index is 0.0679. The van der Waals surface area contributed by atoms with Gasteiger partial charge >= 0.3 is 6.03 Å². The molecule has 6 saturated carbocycles. The molecule has 2 aromatic rings. The van der Waals surface area contributed by atoms with Gasteiger partial charge in [-0.15, -0.1) is 0 Å². The van der Waals surface area contributed by atoms with Gasteiger partial charge in [0.25, 0.3) is 0 Å². The monoisotopic (exact) mass is 575 g/mol. The van der Waals surface area contributed by atoms with E-state index in [9.17, 15) is 4.79 Å². The second kappa shape index (κ2) is 10.8. The lowest BCUT2D eigenvalue weighted by Gasteiger charge is -2.57. The number of nitrogens with one attached hydrogen (secondary N) is 3. The molecule has 2 amide bonds. The molecule has 1 saturated heterocycles. The third-order valence-electron chi connectivity index (χ3n) is 11.8. The third-order valence-corrected chi connectivity index (χ3v) is 11.8. The van der Waals surface area contributed by atoms with Crippen LogP contribution in [0, 0.1) is 17.8 Å². The number of hydrogen-bond acceptors (Lipinski definition) is 7. The van der Waals surface area contributed by atoms with Crippen molar-refractivity contribution < 1.29 is 4.79 Å². The molecule has 4 bridgehead atoms. The van der Waals surface area contributed by atoms with Crippen LogP contribution in [0.4, 0.5) is 16.6 Å². The van der Waals surface area contributed by atoms with Gasteiger partial charge in [0, 0.05) is 42.8 Å². The number of nitrogens with zero attached hydrogens (tertiary/aromatic N) is 5. The van der Waals surface area contributed by atoms with Crippen LogP contribution in [-0.4, -0.2) is 67.2 Å². The zero-order valence-corrected chi connectivity index (χ0v) is 25.1. The quantitative estimate of drug-likeness (QED) is 0.374. The number of anilines is 2. The van der Waals surface area contributed by atoms with Crippen molar-refractivity contribution in [3.63, 3.8) is 0 Å². The minimum atomic E-state index is 0.0679. The maximum absolute atomic E-state index is 13.5. The molecule has 3 heterocycles. The van der Waals surface area contributed by atoms with E-state index in [-0.39, 0.29) is 17.6 Å². The molecule has 228 valence electrons. The first-order valence-electron chi connectivity index (χ1n) is 17.1. The van der Waals surface area contributed by atoms with Crippen LogP contribution < -0.4 is 21.7 Å². The van der Waals surface area contributed by atoms with E-state index in [4.69, 9.17) is 20.7 Å². The van der Waals surface area contributed by atoms with Crippen molar-refractivity contribution in [1.29, 1.82) is 0 Å². The van der Waals surface area contributed by atoms with Gasteiger partial charge in [-0.2, -0.15) is 9.97 Å². The molecular formula is C32H49N9O. The summed E-state index contributed by atoms with van der Waals surface area (Å²) in [7, 11) is 0. The van der Waals surface area contributed by atoms with E-state index in [1.165, 1.54) is 64.2 Å². The van der Waals surface area contributed by atoms with Crippen molar-refractivity contribution in [3.8, 4) is 0 Å². The van der Waals surface area contributed by atoms with Gasteiger partial charge in [-0.25, -0.2) is 9.78 Å². The molecule has 10 nitrogen and oxygen atoms in total. The van der Waals surface area contributed by atoms with Crippen molar-refractivity contribution >= 4 is 29.0 Å². The second-order valence-electron chi connectivity index (χ2n) is 14.9. The number of amides is 2. The van der Waals surface area contributed by atoms with E-state index < -0.39 is 0 Å². The van der Waals surface area contributed by atoms with Crippen molar-refractivity contribution in [3.05, 3.63) is 6.33 Å². The highest BCUT2D eigenvalue weighted by atomic mass is 16.2. The molecule has 10 heteroatoms. The number of carbonyl (C=O) groups is 1. The summed E-state index contributed by atoms with van der Waals surface area (Å²) in [6.07, 6.45) is 20.7. The minimum Gasteiger partial charge on any atom is -0.365 e. The van der Waals surface area contributed by atoms with E-state index >= 15 is 0 Å². The number of nitrogens with two attached hydrogens (primary N) is 1. The van der Waals surface area contributed by atoms with Crippen LogP contribution >= 0.6 is 0 Å². The van der Waals surface area contributed by atoms with E-state index in [2.05, 4.69) is 25.4 Å². The van der Waals surface area contributed by atoms with Crippen LogP contribution in [0.5, 0.6) is 0 Å². The number of likely N-dealkylation sites (tertiary alicyclic amines) is 1. The normalized spacial score (nSPS) is 35.2. The van der Waals surface area contributed by atoms with Gasteiger partial charge < -0.3 is 31.2 Å². The van der Waals surface area contributed by atoms with Gasteiger partial charge in [-0.1, -0.05) is 12.8 Å². The Kier molecular flexibility index (Phi) is 6.95. The van der Waals surface area contributed by atoms with E-state index in [0.717, 1.165) is 86.3 Å². The zero-order valence-electron chi connectivity index (χ0n) is 25.1. The average Bonchev–Trinajstić information content (AvgIpc) is 3.64. The molecule has 0 radical (unpaired) electrons. The summed E-state index contributed by atoms with van der Waals surface area (Å²) < 4.78 is 2.29. The predicted molar refractivity (Wildman–Crippen MR) is 164 cm³/mol. The second-order valence-corrected chi connectivity index (χ2v) is 14.9. The number of fused-ring (bicyclic) bond motifs is 1. The standard InChI is InChI=1S/C32H49N9O/c33-23-5-7-24(8-6-23)36-30-37-28(27-29(38-30)41(19-34-27)26-3-1-2-4-26)35-25-9-11-40(12-10-25)31(42)39-32-16-20-13-21(17-32)15-22(14-20)18-32/h19-26H,1-18,33H2,(H,39,42)(H2,35,36,37,38). The van der Waals surface area contributed by atoms with Crippen molar-refractivity contribution in [1.82, 2.24) is 29.7 Å². The molecule has 0 spiro atoms. The lowest BCUT2D eigenvalue weighted by Crippen LogP contribution is -2.62. The summed E-state index contributed by atoms with van der Waals surface area (Å²) in [6, 6.07) is 1.55. The molecular weight excluding hydrogens is 526 g/mol. The predicted octanol–water partition coefficient (Wildman–Crippen LogP) is 5.18. The molecule has 5 N–H and O–H groups in total. The molecule has 42 heavy (non-hydrogen) atoms. The number of rotatable bonds is 6. The highest BCUT2D eigenvalue weighted by Crippen LogP contribution is 2.55. The first-order chi connectivity index (χ1) is 20.5. The Morgan fingerprint density at radius 1 is 0.833 bits per heavy atom. The maximum Gasteiger partial charge on any atom is 0.317 e. The number of aromatic nitrogens is 4. The Hall–Kier alpha value is -2.62. The molecule has 7 aliphatic rings. The average molecular weight is 576 g/mol. The zero-order chi connectivity index (χ0) is 28.3. The van der Waals surface area contributed by atoms with E-state index in [1.807, 2.05) is 6.33 Å². The fraction of sp³-hybridized carbons (Fsp3) is 0.812. The Morgan fingerprint density at radius 2 is 1.48 bits per heavy atom. The molecule has 7 fully saturated rings. The Balaban J connectivity index is 0.949. The first kappa shape index (κ1) is 27.0. The van der Waals surface area contributed by atoms with Crippen LogP contribution in [-0.2, 0) is 0 Å². The lowest BCUT2D eigenvalue weighted by molar-refractivity contribution is -0.0159. The summed E-state index contributed by atoms with van der Waals surface area (Å²) >= 11 is 0. The van der Waals surface area contributed by atoms with Crippen LogP contribution in [0.25, 0.3) is 11.2 Å². The molecule has 9 rings (SSSR count). The van der Waals surface area contributed by atoms with Crippen LogP contribution in [0.2, 0.25) is 0 Å². The van der Waals surface area contributed by atoms with Gasteiger partial charge in [-0.3, -0.25) is 0 Å². The molecule has 6 aliphatic carbocycles. The van der Waals surface area contributed by atoms with E-state index in [0.29, 0.717) is 24.1 Å². The fourth-order valence-corrected chi connectivity index (χ4v) is 9.97. The number of urea groups is 1. The Bertz CT molecular complexity index is 1250. The number of carbonyl (C=O) groups excluding carboxylic acids is 1. The molecule has 1 aliphatic heterocycles. The molecule has 2 aromatic heterocycles. The number of imidazole rings is 1. The van der Waals surface area contributed by atoms with Crippen LogP contribution in [0.15, 0.2) is 6.33 Å². The van der Waals surface area contributed by atoms with E-state index in [1.54, 1.807) is 0 Å². The van der Waals surface area contributed by atoms with Gasteiger partial charge in [0.05, 0.1) is 6.33 Å². The van der Waals surface area contributed by atoms with Crippen molar-refractivity contribution in [2.45, 2.75) is 132 Å². The SMILES string of the molecule is NC1CCC(Nc2nc(NC3CCN(C(=O)NC45CC6CC(CC(C6)C4)C5)CC3)c3ncn(C4CCCC4)c3n2)CC1. The summed E-state index contributed by atoms with van der Waals surface area (Å²) in [5.41, 5.74) is 8.02. The molecule has 0 unspecified atom stereocenters. The largest absolute Gasteiger partial charge is 0.365 e. The number of piperidine rings is 1. The Morgan fingerprint density at radius 3 is 2.14 bits per heavy atom. The topological polar surface area (TPSA) is 126 Å². The highest BCUT2D eigenvalue weighted by Gasteiger charge is 2.52. The summed E-state index contributed by atoms with van der Waals surface area (Å²) in [6.45, 7) is 1.54. The molecule has 0 atom stereocenters. The summed E-state index contributed by atoms with van der Waals surface area (Å²) in [5, 5.41) is 11.0. The van der Waals surface area contributed by atoms with Gasteiger partial charge in [-0.05, 0) is 108 Å².